The minimum absolute atomic E-state index is 0.120. The molecule has 0 fully saturated rings. The molecule has 1 rings (SSSR count). The quantitative estimate of drug-likeness (QED) is 0.360. The molecule has 0 radical (unpaired) electrons. The number of nitro benzene ring substituents is 1. The highest BCUT2D eigenvalue weighted by Gasteiger charge is 2.21. The number of rotatable bonds is 3. The van der Waals surface area contributed by atoms with Gasteiger partial charge >= 0.3 is 5.97 Å². The maximum atomic E-state index is 11.1. The third-order valence-electron chi connectivity index (χ3n) is 2.30. The van der Waals surface area contributed by atoms with Crippen LogP contribution in [0.4, 0.5) is 11.4 Å². The molecule has 6 nitrogen and oxygen atoms in total. The minimum Gasteiger partial charge on any atom is -0.469 e. The van der Waals surface area contributed by atoms with Crippen LogP contribution in [0, 0.1) is 17.0 Å². The van der Waals surface area contributed by atoms with Gasteiger partial charge in [-0.25, -0.2) is 0 Å². The standard InChI is InChI=1S/C10H12N2O4/c1-6-8(11)4-3-7(5-9(13)16-2)10(6)12(14)15/h3-4H,5,11H2,1-2H3. The number of methoxy groups -OCH3 is 1. The molecule has 0 saturated heterocycles. The number of carbonyl (C=O) groups excluding carboxylic acids is 1. The Morgan fingerprint density at radius 1 is 1.56 bits per heavy atom. The van der Waals surface area contributed by atoms with Crippen molar-refractivity contribution in [2.75, 3.05) is 12.8 Å². The summed E-state index contributed by atoms with van der Waals surface area (Å²) < 4.78 is 4.47. The van der Waals surface area contributed by atoms with Gasteiger partial charge in [-0.05, 0) is 19.1 Å². The number of anilines is 1. The molecule has 1 aromatic carbocycles. The van der Waals surface area contributed by atoms with E-state index in [9.17, 15) is 14.9 Å². The van der Waals surface area contributed by atoms with E-state index in [1.807, 2.05) is 0 Å². The number of benzene rings is 1. The second kappa shape index (κ2) is 4.61. The van der Waals surface area contributed by atoms with E-state index < -0.39 is 10.9 Å². The summed E-state index contributed by atoms with van der Waals surface area (Å²) in [5, 5.41) is 10.9. The van der Waals surface area contributed by atoms with E-state index in [1.165, 1.54) is 13.2 Å². The summed E-state index contributed by atoms with van der Waals surface area (Å²) in [6, 6.07) is 3.01. The maximum absolute atomic E-state index is 11.1. The van der Waals surface area contributed by atoms with Gasteiger partial charge in [0.05, 0.1) is 18.5 Å². The van der Waals surface area contributed by atoms with Gasteiger partial charge in [0, 0.05) is 16.8 Å². The van der Waals surface area contributed by atoms with Gasteiger partial charge in [0.25, 0.3) is 5.69 Å². The molecule has 0 aliphatic rings. The summed E-state index contributed by atoms with van der Waals surface area (Å²) >= 11 is 0. The Morgan fingerprint density at radius 2 is 2.19 bits per heavy atom. The molecule has 0 saturated carbocycles. The van der Waals surface area contributed by atoms with E-state index in [1.54, 1.807) is 13.0 Å². The number of hydrogen-bond donors (Lipinski definition) is 1. The van der Waals surface area contributed by atoms with Crippen LogP contribution in [-0.2, 0) is 16.0 Å². The summed E-state index contributed by atoms with van der Waals surface area (Å²) in [4.78, 5) is 21.4. The second-order valence-electron chi connectivity index (χ2n) is 3.30. The molecule has 16 heavy (non-hydrogen) atoms. The van der Waals surface area contributed by atoms with E-state index in [4.69, 9.17) is 5.73 Å². The van der Waals surface area contributed by atoms with E-state index in [0.29, 0.717) is 16.8 Å². The van der Waals surface area contributed by atoms with Crippen LogP contribution in [0.3, 0.4) is 0 Å². The van der Waals surface area contributed by atoms with Crippen LogP contribution in [0.5, 0.6) is 0 Å². The number of nitrogens with zero attached hydrogens (tertiary/aromatic N) is 1. The van der Waals surface area contributed by atoms with Gasteiger partial charge in [-0.2, -0.15) is 0 Å². The Bertz CT molecular complexity index is 443. The van der Waals surface area contributed by atoms with Crippen molar-refractivity contribution in [3.05, 3.63) is 33.4 Å². The summed E-state index contributed by atoms with van der Waals surface area (Å²) in [5.74, 6) is -0.521. The summed E-state index contributed by atoms with van der Waals surface area (Å²) in [7, 11) is 1.23. The molecule has 0 aliphatic heterocycles. The second-order valence-corrected chi connectivity index (χ2v) is 3.30. The smallest absolute Gasteiger partial charge is 0.310 e. The molecule has 0 unspecified atom stereocenters. The average Bonchev–Trinajstić information content (AvgIpc) is 2.23. The van der Waals surface area contributed by atoms with Gasteiger partial charge in [-0.15, -0.1) is 0 Å². The fraction of sp³-hybridized carbons (Fsp3) is 0.300. The molecular weight excluding hydrogens is 212 g/mol. The van der Waals surface area contributed by atoms with Crippen LogP contribution in [0.15, 0.2) is 12.1 Å². The summed E-state index contributed by atoms with van der Waals surface area (Å²) in [6.45, 7) is 1.55. The first-order valence-corrected chi connectivity index (χ1v) is 4.56. The van der Waals surface area contributed by atoms with Crippen molar-refractivity contribution in [1.29, 1.82) is 0 Å². The number of esters is 1. The lowest BCUT2D eigenvalue weighted by molar-refractivity contribution is -0.386. The fourth-order valence-corrected chi connectivity index (χ4v) is 1.40. The first-order valence-electron chi connectivity index (χ1n) is 4.56. The minimum atomic E-state index is -0.538. The van der Waals surface area contributed by atoms with Gasteiger partial charge in [0.15, 0.2) is 0 Å². The summed E-state index contributed by atoms with van der Waals surface area (Å²) in [6.07, 6.45) is -0.131. The van der Waals surface area contributed by atoms with Crippen molar-refractivity contribution in [1.82, 2.24) is 0 Å². The number of nitrogen functional groups attached to an aromatic ring is 1. The van der Waals surface area contributed by atoms with Gasteiger partial charge < -0.3 is 10.5 Å². The predicted octanol–water partition coefficient (Wildman–Crippen LogP) is 1.20. The molecule has 0 heterocycles. The fourth-order valence-electron chi connectivity index (χ4n) is 1.40. The largest absolute Gasteiger partial charge is 0.469 e. The van der Waals surface area contributed by atoms with Gasteiger partial charge in [-0.3, -0.25) is 14.9 Å². The predicted molar refractivity (Wildman–Crippen MR) is 58.0 cm³/mol. The molecule has 1 aromatic rings. The van der Waals surface area contributed by atoms with E-state index in [2.05, 4.69) is 4.74 Å². The Balaban J connectivity index is 3.23. The molecule has 0 amide bonds. The highest BCUT2D eigenvalue weighted by atomic mass is 16.6. The lowest BCUT2D eigenvalue weighted by Crippen LogP contribution is -2.08. The van der Waals surface area contributed by atoms with Crippen molar-refractivity contribution < 1.29 is 14.5 Å². The van der Waals surface area contributed by atoms with Gasteiger partial charge in [0.2, 0.25) is 0 Å². The van der Waals surface area contributed by atoms with E-state index in [0.717, 1.165) is 0 Å². The van der Waals surface area contributed by atoms with Crippen molar-refractivity contribution in [2.24, 2.45) is 0 Å². The van der Waals surface area contributed by atoms with Crippen LogP contribution < -0.4 is 5.73 Å². The zero-order chi connectivity index (χ0) is 12.3. The van der Waals surface area contributed by atoms with Gasteiger partial charge in [-0.1, -0.05) is 0 Å². The van der Waals surface area contributed by atoms with Crippen molar-refractivity contribution in [2.45, 2.75) is 13.3 Å². The van der Waals surface area contributed by atoms with Crippen molar-refractivity contribution >= 4 is 17.3 Å². The molecule has 0 bridgehead atoms. The number of nitrogens with two attached hydrogens (primary N) is 1. The lowest BCUT2D eigenvalue weighted by Gasteiger charge is -2.06. The van der Waals surface area contributed by atoms with Crippen LogP contribution in [-0.4, -0.2) is 18.0 Å². The van der Waals surface area contributed by atoms with Crippen LogP contribution in [0.2, 0.25) is 0 Å². The zero-order valence-electron chi connectivity index (χ0n) is 9.02. The number of nitro groups is 1. The molecule has 2 N–H and O–H groups in total. The van der Waals surface area contributed by atoms with Crippen molar-refractivity contribution in [3.63, 3.8) is 0 Å². The van der Waals surface area contributed by atoms with Crippen LogP contribution in [0.25, 0.3) is 0 Å². The molecule has 6 heteroatoms. The number of hydrogen-bond acceptors (Lipinski definition) is 5. The molecule has 86 valence electrons. The van der Waals surface area contributed by atoms with Gasteiger partial charge in [0.1, 0.15) is 0 Å². The zero-order valence-corrected chi connectivity index (χ0v) is 9.02. The third kappa shape index (κ3) is 2.28. The third-order valence-corrected chi connectivity index (χ3v) is 2.30. The van der Waals surface area contributed by atoms with E-state index >= 15 is 0 Å². The Labute approximate surface area is 92.2 Å². The maximum Gasteiger partial charge on any atom is 0.310 e. The van der Waals surface area contributed by atoms with Crippen LogP contribution >= 0.6 is 0 Å². The average molecular weight is 224 g/mol. The number of ether oxygens (including phenoxy) is 1. The molecular formula is C10H12N2O4. The Hall–Kier alpha value is -2.11. The SMILES string of the molecule is COC(=O)Cc1ccc(N)c(C)c1[N+](=O)[O-]. The Kier molecular flexibility index (Phi) is 3.44. The lowest BCUT2D eigenvalue weighted by atomic mass is 10.0. The van der Waals surface area contributed by atoms with E-state index in [-0.39, 0.29) is 12.1 Å². The first kappa shape index (κ1) is 12.0. The van der Waals surface area contributed by atoms with Crippen LogP contribution in [0.1, 0.15) is 11.1 Å². The highest BCUT2D eigenvalue weighted by molar-refractivity contribution is 5.75. The summed E-state index contributed by atoms with van der Waals surface area (Å²) in [5.41, 5.74) is 6.46. The monoisotopic (exact) mass is 224 g/mol. The molecule has 0 atom stereocenters. The highest BCUT2D eigenvalue weighted by Crippen LogP contribution is 2.28. The molecule has 0 spiro atoms. The normalized spacial score (nSPS) is 9.88. The first-order chi connectivity index (χ1) is 7.47. The van der Waals surface area contributed by atoms with Crippen molar-refractivity contribution in [3.8, 4) is 0 Å². The molecule has 0 aliphatic carbocycles. The topological polar surface area (TPSA) is 95.5 Å². The Morgan fingerprint density at radius 3 is 2.69 bits per heavy atom. The number of carbonyl (C=O) groups is 1. The molecule has 0 aromatic heterocycles.